The maximum Gasteiger partial charge on any atom is 0.123 e. The Bertz CT molecular complexity index is 646. The molecule has 0 N–H and O–H groups in total. The van der Waals surface area contributed by atoms with Crippen LogP contribution < -0.4 is 4.74 Å². The summed E-state index contributed by atoms with van der Waals surface area (Å²) in [6.07, 6.45) is 5.77. The summed E-state index contributed by atoms with van der Waals surface area (Å²) in [5.74, 6) is 0.983. The summed E-state index contributed by atoms with van der Waals surface area (Å²) in [5, 5.41) is 4.54. The molecule has 0 saturated heterocycles. The molecule has 2 aromatic rings. The first-order valence-corrected chi connectivity index (χ1v) is 8.60. The van der Waals surface area contributed by atoms with E-state index in [1.54, 1.807) is 7.11 Å². The predicted molar refractivity (Wildman–Crippen MR) is 92.5 cm³/mol. The molecule has 1 aliphatic rings. The Morgan fingerprint density at radius 3 is 2.65 bits per heavy atom. The normalized spacial score (nSPS) is 14.4. The Labute approximate surface area is 139 Å². The predicted octanol–water partition coefficient (Wildman–Crippen LogP) is 3.77. The molecule has 1 fully saturated rings. The van der Waals surface area contributed by atoms with Crippen molar-refractivity contribution in [2.45, 2.75) is 58.8 Å². The molecule has 1 aromatic heterocycles. The molecule has 23 heavy (non-hydrogen) atoms. The molecular weight excluding hydrogens is 286 g/mol. The molecule has 0 spiro atoms. The lowest BCUT2D eigenvalue weighted by Gasteiger charge is -2.23. The number of ether oxygens (including phenoxy) is 1. The lowest BCUT2D eigenvalue weighted by molar-refractivity contribution is 0.241. The van der Waals surface area contributed by atoms with E-state index in [2.05, 4.69) is 40.7 Å². The lowest BCUT2D eigenvalue weighted by atomic mass is 10.1. The van der Waals surface area contributed by atoms with Crippen molar-refractivity contribution in [1.82, 2.24) is 14.7 Å². The van der Waals surface area contributed by atoms with E-state index in [1.165, 1.54) is 29.7 Å². The summed E-state index contributed by atoms with van der Waals surface area (Å²) < 4.78 is 7.64. The van der Waals surface area contributed by atoms with Gasteiger partial charge in [-0.25, -0.2) is 0 Å². The Hall–Kier alpha value is -1.81. The van der Waals surface area contributed by atoms with Crippen LogP contribution in [0.5, 0.6) is 5.75 Å². The maximum atomic E-state index is 5.51. The molecule has 0 radical (unpaired) electrons. The molecule has 124 valence electrons. The van der Waals surface area contributed by atoms with Crippen LogP contribution in [-0.4, -0.2) is 27.8 Å². The Morgan fingerprint density at radius 2 is 1.96 bits per heavy atom. The van der Waals surface area contributed by atoms with Crippen molar-refractivity contribution in [3.63, 3.8) is 0 Å². The first-order chi connectivity index (χ1) is 11.2. The van der Waals surface area contributed by atoms with Crippen molar-refractivity contribution in [3.05, 3.63) is 47.3 Å². The molecular formula is C19H27N3O. The van der Waals surface area contributed by atoms with Crippen LogP contribution in [-0.2, 0) is 19.6 Å². The third-order valence-corrected chi connectivity index (χ3v) is 4.64. The Kier molecular flexibility index (Phi) is 5.01. The van der Waals surface area contributed by atoms with Crippen LogP contribution in [0.4, 0.5) is 0 Å². The summed E-state index contributed by atoms with van der Waals surface area (Å²) in [6, 6.07) is 9.04. The average Bonchev–Trinajstić information content (AvgIpc) is 3.36. The van der Waals surface area contributed by atoms with Gasteiger partial charge in [-0.2, -0.15) is 5.10 Å². The summed E-state index contributed by atoms with van der Waals surface area (Å²) in [5.41, 5.74) is 3.92. The van der Waals surface area contributed by atoms with Crippen molar-refractivity contribution in [1.29, 1.82) is 0 Å². The van der Waals surface area contributed by atoms with Gasteiger partial charge in [0.2, 0.25) is 0 Å². The van der Waals surface area contributed by atoms with E-state index < -0.39 is 0 Å². The van der Waals surface area contributed by atoms with E-state index in [9.17, 15) is 0 Å². The fourth-order valence-electron chi connectivity index (χ4n) is 3.10. The minimum absolute atomic E-state index is 0.703. The summed E-state index contributed by atoms with van der Waals surface area (Å²) in [6.45, 7) is 7.29. The van der Waals surface area contributed by atoms with Gasteiger partial charge < -0.3 is 4.74 Å². The monoisotopic (exact) mass is 313 g/mol. The van der Waals surface area contributed by atoms with Crippen LogP contribution in [0.1, 0.15) is 43.0 Å². The largest absolute Gasteiger partial charge is 0.496 e. The van der Waals surface area contributed by atoms with Gasteiger partial charge in [0.05, 0.1) is 13.3 Å². The van der Waals surface area contributed by atoms with Crippen molar-refractivity contribution >= 4 is 0 Å². The number of para-hydroxylation sites is 1. The molecule has 0 aliphatic heterocycles. The van der Waals surface area contributed by atoms with E-state index in [1.807, 2.05) is 18.3 Å². The number of hydrogen-bond donors (Lipinski definition) is 0. The van der Waals surface area contributed by atoms with E-state index in [0.29, 0.717) is 6.04 Å². The van der Waals surface area contributed by atoms with Gasteiger partial charge in [-0.1, -0.05) is 25.1 Å². The van der Waals surface area contributed by atoms with Gasteiger partial charge in [-0.15, -0.1) is 0 Å². The van der Waals surface area contributed by atoms with Crippen LogP contribution in [0.3, 0.4) is 0 Å². The van der Waals surface area contributed by atoms with Crippen molar-refractivity contribution < 1.29 is 4.74 Å². The van der Waals surface area contributed by atoms with Crippen LogP contribution in [0.2, 0.25) is 0 Å². The second kappa shape index (κ2) is 7.18. The van der Waals surface area contributed by atoms with Crippen LogP contribution in [0, 0.1) is 6.92 Å². The van der Waals surface area contributed by atoms with Gasteiger partial charge >= 0.3 is 0 Å². The highest BCUT2D eigenvalue weighted by Gasteiger charge is 2.30. The molecule has 0 bridgehead atoms. The number of rotatable bonds is 8. The highest BCUT2D eigenvalue weighted by Crippen LogP contribution is 2.32. The molecule has 1 saturated carbocycles. The first-order valence-electron chi connectivity index (χ1n) is 8.60. The highest BCUT2D eigenvalue weighted by atomic mass is 16.5. The zero-order valence-corrected chi connectivity index (χ0v) is 14.5. The molecule has 3 rings (SSSR count). The molecule has 1 aromatic carbocycles. The van der Waals surface area contributed by atoms with Crippen LogP contribution >= 0.6 is 0 Å². The Morgan fingerprint density at radius 1 is 1.22 bits per heavy atom. The number of methoxy groups -OCH3 is 1. The lowest BCUT2D eigenvalue weighted by Crippen LogP contribution is -2.25. The zero-order valence-electron chi connectivity index (χ0n) is 14.5. The van der Waals surface area contributed by atoms with E-state index >= 15 is 0 Å². The number of hydrogen-bond acceptors (Lipinski definition) is 3. The number of benzene rings is 1. The minimum Gasteiger partial charge on any atom is -0.496 e. The number of nitrogens with zero attached hydrogens (tertiary/aromatic N) is 3. The summed E-state index contributed by atoms with van der Waals surface area (Å²) in [4.78, 5) is 2.57. The van der Waals surface area contributed by atoms with E-state index in [4.69, 9.17) is 4.74 Å². The number of aromatic nitrogens is 2. The fraction of sp³-hybridized carbons (Fsp3) is 0.526. The molecule has 0 atom stereocenters. The average molecular weight is 313 g/mol. The molecule has 4 nitrogen and oxygen atoms in total. The standard InChI is InChI=1S/C19H27N3O/c1-4-11-22-15(2)17(12-20-22)14-21(18-9-10-18)13-16-7-5-6-8-19(16)23-3/h5-8,12,18H,4,9-11,13-14H2,1-3H3. The Balaban J connectivity index is 1.75. The van der Waals surface area contributed by atoms with E-state index in [-0.39, 0.29) is 0 Å². The van der Waals surface area contributed by atoms with Gasteiger partial charge in [-0.05, 0) is 32.3 Å². The van der Waals surface area contributed by atoms with Gasteiger partial charge in [0.25, 0.3) is 0 Å². The van der Waals surface area contributed by atoms with Crippen LogP contribution in [0.25, 0.3) is 0 Å². The highest BCUT2D eigenvalue weighted by molar-refractivity contribution is 5.33. The van der Waals surface area contributed by atoms with Crippen molar-refractivity contribution in [2.75, 3.05) is 7.11 Å². The second-order valence-electron chi connectivity index (χ2n) is 6.43. The summed E-state index contributed by atoms with van der Waals surface area (Å²) in [7, 11) is 1.75. The smallest absolute Gasteiger partial charge is 0.123 e. The molecule has 0 unspecified atom stereocenters. The van der Waals surface area contributed by atoms with E-state index in [0.717, 1.165) is 31.8 Å². The fourth-order valence-corrected chi connectivity index (χ4v) is 3.10. The first kappa shape index (κ1) is 16.1. The SMILES string of the molecule is CCCn1ncc(CN(Cc2ccccc2OC)C2CC2)c1C. The van der Waals surface area contributed by atoms with Gasteiger partial charge in [0, 0.05) is 42.5 Å². The molecule has 4 heteroatoms. The van der Waals surface area contributed by atoms with Crippen LogP contribution in [0.15, 0.2) is 30.5 Å². The summed E-state index contributed by atoms with van der Waals surface area (Å²) >= 11 is 0. The zero-order chi connectivity index (χ0) is 16.2. The topological polar surface area (TPSA) is 30.3 Å². The third kappa shape index (κ3) is 3.75. The molecule has 0 amide bonds. The quantitative estimate of drug-likeness (QED) is 0.743. The second-order valence-corrected chi connectivity index (χ2v) is 6.43. The maximum absolute atomic E-state index is 5.51. The van der Waals surface area contributed by atoms with Gasteiger partial charge in [0.15, 0.2) is 0 Å². The van der Waals surface area contributed by atoms with Gasteiger partial charge in [-0.3, -0.25) is 9.58 Å². The molecule has 1 heterocycles. The van der Waals surface area contributed by atoms with Gasteiger partial charge in [0.1, 0.15) is 5.75 Å². The number of aryl methyl sites for hydroxylation is 1. The molecule has 1 aliphatic carbocycles. The minimum atomic E-state index is 0.703. The third-order valence-electron chi connectivity index (χ3n) is 4.64. The van der Waals surface area contributed by atoms with Crippen molar-refractivity contribution in [2.24, 2.45) is 0 Å². The van der Waals surface area contributed by atoms with Crippen molar-refractivity contribution in [3.8, 4) is 5.75 Å².